The molecule has 0 amide bonds. The Morgan fingerprint density at radius 2 is 2.06 bits per heavy atom. The molecule has 0 bridgehead atoms. The lowest BCUT2D eigenvalue weighted by Gasteiger charge is -2.36. The van der Waals surface area contributed by atoms with Gasteiger partial charge in [-0.05, 0) is 41.7 Å². The van der Waals surface area contributed by atoms with Gasteiger partial charge in [0, 0.05) is 0 Å². The van der Waals surface area contributed by atoms with Gasteiger partial charge in [-0.1, -0.05) is 20.8 Å². The van der Waals surface area contributed by atoms with E-state index in [4.69, 9.17) is 5.11 Å². The predicted octanol–water partition coefficient (Wildman–Crippen LogP) is 1.71. The molecule has 2 aliphatic rings. The van der Waals surface area contributed by atoms with Crippen LogP contribution in [0.1, 0.15) is 46.5 Å². The largest absolute Gasteiger partial charge is 0.481 e. The van der Waals surface area contributed by atoms with E-state index in [1.807, 2.05) is 20.8 Å². The van der Waals surface area contributed by atoms with Crippen LogP contribution in [0.15, 0.2) is 11.1 Å². The number of hydrogen-bond acceptors (Lipinski definition) is 3. The lowest BCUT2D eigenvalue weighted by Crippen LogP contribution is -2.38. The van der Waals surface area contributed by atoms with Crippen molar-refractivity contribution in [2.24, 2.45) is 11.3 Å². The lowest BCUT2D eigenvalue weighted by molar-refractivity contribution is -0.141. The van der Waals surface area contributed by atoms with Gasteiger partial charge in [0.25, 0.3) is 0 Å². The van der Waals surface area contributed by atoms with Crippen LogP contribution in [-0.2, 0) is 4.79 Å². The predicted molar refractivity (Wildman–Crippen MR) is 67.0 cm³/mol. The van der Waals surface area contributed by atoms with Gasteiger partial charge in [-0.2, -0.15) is 0 Å². The van der Waals surface area contributed by atoms with Gasteiger partial charge in [0.05, 0.1) is 18.1 Å². The quantitative estimate of drug-likeness (QED) is 0.656. The molecule has 0 spiro atoms. The summed E-state index contributed by atoms with van der Waals surface area (Å²) in [6, 6.07) is 0. The fourth-order valence-corrected chi connectivity index (χ4v) is 3.45. The minimum atomic E-state index is -1.26. The van der Waals surface area contributed by atoms with Gasteiger partial charge in [-0.15, -0.1) is 0 Å². The van der Waals surface area contributed by atoms with Crippen molar-refractivity contribution in [1.82, 2.24) is 0 Å². The Kier molecular flexibility index (Phi) is 3.06. The number of aliphatic hydroxyl groups excluding tert-OH is 1. The van der Waals surface area contributed by atoms with Crippen molar-refractivity contribution in [3.05, 3.63) is 11.1 Å². The summed E-state index contributed by atoms with van der Waals surface area (Å²) in [5, 5.41) is 30.0. The van der Waals surface area contributed by atoms with Crippen LogP contribution < -0.4 is 0 Å². The van der Waals surface area contributed by atoms with Crippen molar-refractivity contribution >= 4 is 5.97 Å². The van der Waals surface area contributed by atoms with Gasteiger partial charge in [0.15, 0.2) is 0 Å². The van der Waals surface area contributed by atoms with Gasteiger partial charge < -0.3 is 15.3 Å². The second-order valence-electron chi connectivity index (χ2n) is 6.54. The van der Waals surface area contributed by atoms with Gasteiger partial charge >= 0.3 is 5.97 Å². The second-order valence-corrected chi connectivity index (χ2v) is 6.54. The van der Waals surface area contributed by atoms with Crippen molar-refractivity contribution < 1.29 is 20.1 Å². The van der Waals surface area contributed by atoms with Crippen LogP contribution in [-0.4, -0.2) is 33.0 Å². The number of carboxylic acid groups (broad SMARTS) is 1. The smallest absolute Gasteiger partial charge is 0.306 e. The van der Waals surface area contributed by atoms with Crippen molar-refractivity contribution in [2.45, 2.75) is 58.2 Å². The van der Waals surface area contributed by atoms with E-state index in [1.165, 1.54) is 0 Å². The highest BCUT2D eigenvalue weighted by Crippen LogP contribution is 2.53. The maximum atomic E-state index is 10.9. The fourth-order valence-electron chi connectivity index (χ4n) is 3.45. The molecule has 0 saturated carbocycles. The summed E-state index contributed by atoms with van der Waals surface area (Å²) in [4.78, 5) is 10.9. The molecule has 0 aliphatic heterocycles. The molecule has 0 saturated heterocycles. The Hall–Kier alpha value is -0.870. The van der Waals surface area contributed by atoms with E-state index < -0.39 is 17.7 Å². The number of aliphatic hydroxyl groups is 2. The third kappa shape index (κ3) is 1.97. The summed E-state index contributed by atoms with van der Waals surface area (Å²) >= 11 is 0. The van der Waals surface area contributed by atoms with Gasteiger partial charge in [-0.25, -0.2) is 0 Å². The summed E-state index contributed by atoms with van der Waals surface area (Å²) in [5.41, 5.74) is 0.0918. The van der Waals surface area contributed by atoms with Crippen LogP contribution in [0.5, 0.6) is 0 Å². The molecule has 2 aliphatic carbocycles. The molecular weight excluding hydrogens is 232 g/mol. The summed E-state index contributed by atoms with van der Waals surface area (Å²) in [5.74, 6) is -0.760. The summed E-state index contributed by atoms with van der Waals surface area (Å²) in [7, 11) is 0. The second kappa shape index (κ2) is 4.07. The standard InChI is InChI=1S/C14H22O4/c1-8-4-5-14(18,7-10(15)16)9-6-13(2,3)12(17)11(8)9/h8,12,17-18H,4-7H2,1-3H3,(H,15,16)/t8-,12-,14+/m1/s1. The molecule has 3 N–H and O–H groups in total. The Bertz CT molecular complexity index is 410. The van der Waals surface area contributed by atoms with Crippen LogP contribution in [0, 0.1) is 11.3 Å². The van der Waals surface area contributed by atoms with E-state index in [9.17, 15) is 15.0 Å². The monoisotopic (exact) mass is 254 g/mol. The van der Waals surface area contributed by atoms with Gasteiger partial charge in [0.2, 0.25) is 0 Å². The molecule has 2 rings (SSSR count). The summed E-state index contributed by atoms with van der Waals surface area (Å²) in [6.45, 7) is 5.97. The van der Waals surface area contributed by atoms with E-state index in [0.29, 0.717) is 12.8 Å². The number of aliphatic carboxylic acids is 1. The van der Waals surface area contributed by atoms with Crippen molar-refractivity contribution in [3.8, 4) is 0 Å². The fraction of sp³-hybridized carbons (Fsp3) is 0.786. The van der Waals surface area contributed by atoms with Crippen LogP contribution >= 0.6 is 0 Å². The summed E-state index contributed by atoms with van der Waals surface area (Å²) in [6.07, 6.45) is 0.958. The zero-order valence-corrected chi connectivity index (χ0v) is 11.2. The SMILES string of the molecule is C[C@@H]1CC[C@](O)(CC(=O)O)C2=C1[C@@H](O)C(C)(C)C2. The average molecular weight is 254 g/mol. The van der Waals surface area contributed by atoms with Crippen molar-refractivity contribution in [2.75, 3.05) is 0 Å². The molecule has 4 heteroatoms. The van der Waals surface area contributed by atoms with Crippen LogP contribution in [0.4, 0.5) is 0 Å². The molecule has 18 heavy (non-hydrogen) atoms. The molecule has 0 aromatic rings. The lowest BCUT2D eigenvalue weighted by atomic mass is 9.73. The Balaban J connectivity index is 2.43. The first kappa shape index (κ1) is 13.6. The molecule has 0 unspecified atom stereocenters. The zero-order valence-electron chi connectivity index (χ0n) is 11.2. The molecule has 0 aromatic heterocycles. The maximum absolute atomic E-state index is 10.9. The number of rotatable bonds is 2. The first-order chi connectivity index (χ1) is 8.17. The van der Waals surface area contributed by atoms with Crippen molar-refractivity contribution in [3.63, 3.8) is 0 Å². The Labute approximate surface area is 107 Å². The Morgan fingerprint density at radius 1 is 1.44 bits per heavy atom. The third-order valence-corrected chi connectivity index (χ3v) is 4.54. The third-order valence-electron chi connectivity index (χ3n) is 4.54. The van der Waals surface area contributed by atoms with Crippen LogP contribution in [0.3, 0.4) is 0 Å². The van der Waals surface area contributed by atoms with Gasteiger partial charge in [-0.3, -0.25) is 4.79 Å². The van der Waals surface area contributed by atoms with Crippen LogP contribution in [0.25, 0.3) is 0 Å². The summed E-state index contributed by atoms with van der Waals surface area (Å²) < 4.78 is 0. The minimum absolute atomic E-state index is 0.228. The number of carboxylic acids is 1. The molecule has 4 nitrogen and oxygen atoms in total. The Morgan fingerprint density at radius 3 is 2.61 bits per heavy atom. The van der Waals surface area contributed by atoms with E-state index in [-0.39, 0.29) is 17.8 Å². The first-order valence-electron chi connectivity index (χ1n) is 6.53. The van der Waals surface area contributed by atoms with E-state index >= 15 is 0 Å². The number of hydrogen-bond donors (Lipinski definition) is 3. The zero-order chi connectivity index (χ0) is 13.7. The van der Waals surface area contributed by atoms with Crippen LogP contribution in [0.2, 0.25) is 0 Å². The molecule has 0 radical (unpaired) electrons. The highest BCUT2D eigenvalue weighted by atomic mass is 16.4. The highest BCUT2D eigenvalue weighted by molar-refractivity contribution is 5.69. The molecule has 0 aromatic carbocycles. The normalized spacial score (nSPS) is 38.7. The van der Waals surface area contributed by atoms with E-state index in [0.717, 1.165) is 17.6 Å². The average Bonchev–Trinajstić information content (AvgIpc) is 2.46. The highest BCUT2D eigenvalue weighted by Gasteiger charge is 2.51. The molecule has 102 valence electrons. The van der Waals surface area contributed by atoms with E-state index in [2.05, 4.69) is 0 Å². The molecule has 3 atom stereocenters. The molecule has 0 heterocycles. The van der Waals surface area contributed by atoms with Crippen molar-refractivity contribution in [1.29, 1.82) is 0 Å². The maximum Gasteiger partial charge on any atom is 0.306 e. The van der Waals surface area contributed by atoms with Gasteiger partial charge in [0.1, 0.15) is 0 Å². The minimum Gasteiger partial charge on any atom is -0.481 e. The first-order valence-corrected chi connectivity index (χ1v) is 6.53. The topological polar surface area (TPSA) is 77.8 Å². The molecule has 0 fully saturated rings. The molecular formula is C14H22O4. The van der Waals surface area contributed by atoms with E-state index in [1.54, 1.807) is 0 Å². The number of carbonyl (C=O) groups is 1.